The molecule has 0 atom stereocenters. The molecule has 0 radical (unpaired) electrons. The second kappa shape index (κ2) is 11.0. The first-order valence-corrected chi connectivity index (χ1v) is 10.1. The van der Waals surface area contributed by atoms with Crippen LogP contribution in [0.25, 0.3) is 0 Å². The Balaban J connectivity index is 1.33. The molecule has 1 aliphatic heterocycles. The molecule has 32 heavy (non-hydrogen) atoms. The molecule has 168 valence electrons. The largest absolute Gasteiger partial charge is 0.425 e. The minimum Gasteiger partial charge on any atom is -0.425 e. The van der Waals surface area contributed by atoms with E-state index in [4.69, 9.17) is 9.47 Å². The van der Waals surface area contributed by atoms with Crippen molar-refractivity contribution in [3.63, 3.8) is 0 Å². The van der Waals surface area contributed by atoms with Gasteiger partial charge in [0.2, 0.25) is 11.8 Å². The summed E-state index contributed by atoms with van der Waals surface area (Å²) in [5, 5.41) is 13.3. The van der Waals surface area contributed by atoms with Crippen LogP contribution in [0.5, 0.6) is 5.75 Å². The van der Waals surface area contributed by atoms with Gasteiger partial charge in [-0.1, -0.05) is 12.1 Å². The van der Waals surface area contributed by atoms with Gasteiger partial charge in [-0.2, -0.15) is 0 Å². The van der Waals surface area contributed by atoms with Gasteiger partial charge in [-0.25, -0.2) is 4.79 Å². The highest BCUT2D eigenvalue weighted by Gasteiger charge is 2.19. The summed E-state index contributed by atoms with van der Waals surface area (Å²) in [6, 6.07) is 12.2. The number of benzene rings is 2. The number of anilines is 1. The van der Waals surface area contributed by atoms with Crippen LogP contribution in [-0.4, -0.2) is 53.9 Å². The summed E-state index contributed by atoms with van der Waals surface area (Å²) in [4.78, 5) is 47.5. The summed E-state index contributed by atoms with van der Waals surface area (Å²) in [5.41, 5.74) is 1.46. The molecular formula is C22H23N3O7. The van der Waals surface area contributed by atoms with E-state index in [1.807, 2.05) is 17.0 Å². The summed E-state index contributed by atoms with van der Waals surface area (Å²) in [6.45, 7) is 0.900. The van der Waals surface area contributed by atoms with Crippen molar-refractivity contribution in [1.29, 1.82) is 0 Å². The summed E-state index contributed by atoms with van der Waals surface area (Å²) < 4.78 is 10.0. The third-order valence-corrected chi connectivity index (χ3v) is 4.81. The zero-order chi connectivity index (χ0) is 22.9. The maximum Gasteiger partial charge on any atom is 0.337 e. The Labute approximate surface area is 184 Å². The number of carbonyl (C=O) groups excluding carboxylic acids is 3. The van der Waals surface area contributed by atoms with E-state index < -0.39 is 23.4 Å². The molecule has 0 aromatic heterocycles. The Kier molecular flexibility index (Phi) is 7.87. The number of esters is 1. The first kappa shape index (κ1) is 22.9. The van der Waals surface area contributed by atoms with E-state index in [0.29, 0.717) is 18.5 Å². The molecule has 0 unspecified atom stereocenters. The molecule has 2 amide bonds. The molecule has 0 aliphatic carbocycles. The average molecular weight is 441 g/mol. The molecule has 1 heterocycles. The summed E-state index contributed by atoms with van der Waals surface area (Å²) in [6.07, 6.45) is 2.18. The predicted molar refractivity (Wildman–Crippen MR) is 114 cm³/mol. The minimum absolute atomic E-state index is 0.120. The van der Waals surface area contributed by atoms with Gasteiger partial charge in [-0.15, -0.1) is 0 Å². The van der Waals surface area contributed by atoms with Crippen LogP contribution in [0, 0.1) is 10.1 Å². The van der Waals surface area contributed by atoms with Crippen LogP contribution in [0.2, 0.25) is 0 Å². The van der Waals surface area contributed by atoms with Crippen LogP contribution in [0.15, 0.2) is 48.5 Å². The van der Waals surface area contributed by atoms with Gasteiger partial charge in [0, 0.05) is 37.3 Å². The second-order valence-electron chi connectivity index (χ2n) is 7.20. The van der Waals surface area contributed by atoms with Crippen LogP contribution >= 0.6 is 0 Å². The van der Waals surface area contributed by atoms with Crippen molar-refractivity contribution in [3.05, 3.63) is 64.2 Å². The van der Waals surface area contributed by atoms with Gasteiger partial charge >= 0.3 is 5.97 Å². The quantitative estimate of drug-likeness (QED) is 0.259. The van der Waals surface area contributed by atoms with Crippen LogP contribution < -0.4 is 10.1 Å². The molecule has 1 aliphatic rings. The van der Waals surface area contributed by atoms with E-state index in [0.717, 1.165) is 25.1 Å². The van der Waals surface area contributed by atoms with E-state index >= 15 is 0 Å². The van der Waals surface area contributed by atoms with Crippen LogP contribution in [0.3, 0.4) is 0 Å². The van der Waals surface area contributed by atoms with Gasteiger partial charge in [0.15, 0.2) is 0 Å². The van der Waals surface area contributed by atoms with Gasteiger partial charge in [0.1, 0.15) is 19.0 Å². The molecule has 2 aromatic carbocycles. The summed E-state index contributed by atoms with van der Waals surface area (Å²) >= 11 is 0. The Morgan fingerprint density at radius 3 is 2.28 bits per heavy atom. The molecule has 10 nitrogen and oxygen atoms in total. The van der Waals surface area contributed by atoms with Gasteiger partial charge < -0.3 is 19.7 Å². The zero-order valence-electron chi connectivity index (χ0n) is 17.3. The van der Waals surface area contributed by atoms with E-state index in [9.17, 15) is 24.5 Å². The zero-order valence-corrected chi connectivity index (χ0v) is 17.3. The molecule has 3 rings (SSSR count). The molecule has 1 fully saturated rings. The van der Waals surface area contributed by atoms with Crippen molar-refractivity contribution < 1.29 is 28.8 Å². The summed E-state index contributed by atoms with van der Waals surface area (Å²) in [5.74, 6) is -0.865. The van der Waals surface area contributed by atoms with Gasteiger partial charge in [-0.05, 0) is 42.7 Å². The number of nitrogens with zero attached hydrogens (tertiary/aromatic N) is 2. The number of nitro benzene ring substituents is 1. The SMILES string of the molecule is O=C(COCC(=O)Oc1ccc([N+](=O)[O-])cc1)Nc1ccc(CCC(=O)N2CCC2)cc1. The maximum absolute atomic E-state index is 12.0. The first-order valence-electron chi connectivity index (χ1n) is 10.1. The van der Waals surface area contributed by atoms with E-state index in [1.54, 1.807) is 12.1 Å². The Morgan fingerprint density at radius 1 is 1.00 bits per heavy atom. The molecule has 0 saturated carbocycles. The number of likely N-dealkylation sites (tertiary alicyclic amines) is 1. The highest BCUT2D eigenvalue weighted by molar-refractivity contribution is 5.91. The van der Waals surface area contributed by atoms with Crippen molar-refractivity contribution in [1.82, 2.24) is 4.90 Å². The van der Waals surface area contributed by atoms with E-state index in [1.165, 1.54) is 24.3 Å². The lowest BCUT2D eigenvalue weighted by atomic mass is 10.1. The highest BCUT2D eigenvalue weighted by Crippen LogP contribution is 2.17. The number of aryl methyl sites for hydroxylation is 1. The lowest BCUT2D eigenvalue weighted by Crippen LogP contribution is -2.42. The number of rotatable bonds is 10. The lowest BCUT2D eigenvalue weighted by molar-refractivity contribution is -0.384. The second-order valence-corrected chi connectivity index (χ2v) is 7.20. The Hall–Kier alpha value is -3.79. The predicted octanol–water partition coefficient (Wildman–Crippen LogP) is 2.32. The monoisotopic (exact) mass is 441 g/mol. The van der Waals surface area contributed by atoms with Crippen LogP contribution in [-0.2, 0) is 25.5 Å². The van der Waals surface area contributed by atoms with Gasteiger partial charge in [-0.3, -0.25) is 19.7 Å². The highest BCUT2D eigenvalue weighted by atomic mass is 16.6. The molecule has 1 saturated heterocycles. The number of hydrogen-bond acceptors (Lipinski definition) is 7. The van der Waals surface area contributed by atoms with E-state index in [-0.39, 0.29) is 24.0 Å². The van der Waals surface area contributed by atoms with Crippen LogP contribution in [0.4, 0.5) is 11.4 Å². The molecule has 1 N–H and O–H groups in total. The fourth-order valence-electron chi connectivity index (χ4n) is 2.95. The fraction of sp³-hybridized carbons (Fsp3) is 0.318. The van der Waals surface area contributed by atoms with E-state index in [2.05, 4.69) is 5.32 Å². The number of amides is 2. The average Bonchev–Trinajstić information content (AvgIpc) is 2.72. The third-order valence-electron chi connectivity index (χ3n) is 4.81. The topological polar surface area (TPSA) is 128 Å². The summed E-state index contributed by atoms with van der Waals surface area (Å²) in [7, 11) is 0. The van der Waals surface area contributed by atoms with Crippen molar-refractivity contribution in [2.24, 2.45) is 0 Å². The maximum atomic E-state index is 12.0. The Bertz CT molecular complexity index is 970. The smallest absolute Gasteiger partial charge is 0.337 e. The van der Waals surface area contributed by atoms with Crippen molar-refractivity contribution in [2.45, 2.75) is 19.3 Å². The number of non-ortho nitro benzene ring substituents is 1. The van der Waals surface area contributed by atoms with Crippen molar-refractivity contribution in [3.8, 4) is 5.75 Å². The number of ether oxygens (including phenoxy) is 2. The molecule has 2 aromatic rings. The first-order chi connectivity index (χ1) is 15.4. The van der Waals surface area contributed by atoms with Gasteiger partial charge in [0.25, 0.3) is 5.69 Å². The minimum atomic E-state index is -0.733. The van der Waals surface area contributed by atoms with Crippen molar-refractivity contribution >= 4 is 29.2 Å². The van der Waals surface area contributed by atoms with Crippen LogP contribution in [0.1, 0.15) is 18.4 Å². The fourth-order valence-corrected chi connectivity index (χ4v) is 2.95. The molecule has 0 bridgehead atoms. The van der Waals surface area contributed by atoms with Crippen molar-refractivity contribution in [2.75, 3.05) is 31.6 Å². The lowest BCUT2D eigenvalue weighted by Gasteiger charge is -2.30. The molecule has 10 heteroatoms. The van der Waals surface area contributed by atoms with Gasteiger partial charge in [0.05, 0.1) is 4.92 Å². The number of nitrogens with one attached hydrogen (secondary N) is 1. The normalized spacial score (nSPS) is 12.6. The third kappa shape index (κ3) is 6.88. The molecule has 0 spiro atoms. The molecular weight excluding hydrogens is 418 g/mol. The number of carbonyl (C=O) groups is 3. The number of nitro groups is 1. The standard InChI is InChI=1S/C22H23N3O7/c26-20(14-31-15-22(28)32-19-9-7-18(8-10-19)25(29)30)23-17-5-2-16(3-6-17)4-11-21(27)24-12-1-13-24/h2-3,5-10H,1,4,11-15H2,(H,23,26). The number of hydrogen-bond donors (Lipinski definition) is 1. The Morgan fingerprint density at radius 2 is 1.69 bits per heavy atom.